The Balaban J connectivity index is 1.68. The molecule has 1 aromatic rings. The molecule has 0 atom stereocenters. The van der Waals surface area contributed by atoms with E-state index in [4.69, 9.17) is 0 Å². The SMILES string of the molecule is CC1CCN(S(=O)(=O)c2cc3c(cc2Br)CCN3C(=O)C2CC2)CC1. The van der Waals surface area contributed by atoms with Gasteiger partial charge in [-0.15, -0.1) is 0 Å². The van der Waals surface area contributed by atoms with E-state index in [0.717, 1.165) is 43.4 Å². The summed E-state index contributed by atoms with van der Waals surface area (Å²) in [5.41, 5.74) is 1.83. The third kappa shape index (κ3) is 3.15. The van der Waals surface area contributed by atoms with Crippen LogP contribution in [-0.2, 0) is 21.2 Å². The maximum Gasteiger partial charge on any atom is 0.244 e. The summed E-state index contributed by atoms with van der Waals surface area (Å²) in [6.45, 7) is 3.95. The first-order valence-electron chi connectivity index (χ1n) is 9.02. The van der Waals surface area contributed by atoms with Gasteiger partial charge in [0.2, 0.25) is 15.9 Å². The lowest BCUT2D eigenvalue weighted by atomic mass is 10.0. The van der Waals surface area contributed by atoms with Gasteiger partial charge in [0.15, 0.2) is 0 Å². The van der Waals surface area contributed by atoms with E-state index in [1.165, 1.54) is 0 Å². The van der Waals surface area contributed by atoms with Crippen LogP contribution in [0.25, 0.3) is 0 Å². The van der Waals surface area contributed by atoms with Gasteiger partial charge in [0.25, 0.3) is 0 Å². The first-order chi connectivity index (χ1) is 11.9. The number of fused-ring (bicyclic) bond motifs is 1. The molecular weight excluding hydrogens is 404 g/mol. The Labute approximate surface area is 157 Å². The number of hydrogen-bond donors (Lipinski definition) is 0. The molecule has 1 amide bonds. The van der Waals surface area contributed by atoms with Crippen LogP contribution in [0.15, 0.2) is 21.5 Å². The van der Waals surface area contributed by atoms with Crippen molar-refractivity contribution in [2.75, 3.05) is 24.5 Å². The molecule has 2 aliphatic heterocycles. The maximum absolute atomic E-state index is 13.1. The van der Waals surface area contributed by atoms with Crippen LogP contribution < -0.4 is 4.90 Å². The monoisotopic (exact) mass is 426 g/mol. The van der Waals surface area contributed by atoms with Crippen molar-refractivity contribution >= 4 is 37.5 Å². The molecule has 2 fully saturated rings. The van der Waals surface area contributed by atoms with E-state index in [9.17, 15) is 13.2 Å². The fraction of sp³-hybridized carbons (Fsp3) is 0.611. The predicted molar refractivity (Wildman–Crippen MR) is 100 cm³/mol. The number of carbonyl (C=O) groups is 1. The molecule has 25 heavy (non-hydrogen) atoms. The fourth-order valence-corrected chi connectivity index (χ4v) is 6.27. The van der Waals surface area contributed by atoms with E-state index in [0.29, 0.717) is 30.0 Å². The van der Waals surface area contributed by atoms with E-state index in [1.807, 2.05) is 6.07 Å². The Bertz CT molecular complexity index is 812. The summed E-state index contributed by atoms with van der Waals surface area (Å²) in [7, 11) is -3.54. The molecule has 0 spiro atoms. The molecule has 0 aromatic heterocycles. The quantitative estimate of drug-likeness (QED) is 0.745. The van der Waals surface area contributed by atoms with Crippen LogP contribution in [-0.4, -0.2) is 38.3 Å². The topological polar surface area (TPSA) is 57.7 Å². The van der Waals surface area contributed by atoms with Crippen molar-refractivity contribution in [3.05, 3.63) is 22.2 Å². The van der Waals surface area contributed by atoms with Gasteiger partial charge in [-0.1, -0.05) is 6.92 Å². The summed E-state index contributed by atoms with van der Waals surface area (Å²) in [6.07, 6.45) is 4.49. The molecule has 1 aromatic carbocycles. The summed E-state index contributed by atoms with van der Waals surface area (Å²) in [5.74, 6) is 0.857. The van der Waals surface area contributed by atoms with Crippen molar-refractivity contribution in [1.29, 1.82) is 0 Å². The molecule has 0 unspecified atom stereocenters. The van der Waals surface area contributed by atoms with E-state index < -0.39 is 10.0 Å². The van der Waals surface area contributed by atoms with E-state index in [2.05, 4.69) is 22.9 Å². The van der Waals surface area contributed by atoms with Gasteiger partial charge in [-0.3, -0.25) is 4.79 Å². The number of sulfonamides is 1. The molecule has 4 rings (SSSR count). The van der Waals surface area contributed by atoms with Gasteiger partial charge in [-0.25, -0.2) is 8.42 Å². The van der Waals surface area contributed by atoms with Crippen molar-refractivity contribution < 1.29 is 13.2 Å². The number of anilines is 1. The molecule has 0 bridgehead atoms. The highest BCUT2D eigenvalue weighted by molar-refractivity contribution is 9.10. The van der Waals surface area contributed by atoms with Crippen LogP contribution in [0.4, 0.5) is 5.69 Å². The number of carbonyl (C=O) groups excluding carboxylic acids is 1. The Morgan fingerprint density at radius 3 is 2.44 bits per heavy atom. The Hall–Kier alpha value is -0.920. The first-order valence-corrected chi connectivity index (χ1v) is 11.2. The Morgan fingerprint density at radius 1 is 1.12 bits per heavy atom. The number of rotatable bonds is 3. The highest BCUT2D eigenvalue weighted by Crippen LogP contribution is 2.40. The van der Waals surface area contributed by atoms with Gasteiger partial charge in [-0.2, -0.15) is 4.31 Å². The van der Waals surface area contributed by atoms with Crippen LogP contribution in [0.1, 0.15) is 38.2 Å². The highest BCUT2D eigenvalue weighted by Gasteiger charge is 2.38. The number of amides is 1. The normalized spacial score (nSPS) is 22.2. The number of piperidine rings is 1. The standard InChI is InChI=1S/C18H23BrN2O3S/c1-12-4-7-20(8-5-12)25(23,24)17-11-16-14(10-15(17)19)6-9-21(16)18(22)13-2-3-13/h10-13H,2-9H2,1H3. The average molecular weight is 427 g/mol. The highest BCUT2D eigenvalue weighted by atomic mass is 79.9. The smallest absolute Gasteiger partial charge is 0.244 e. The maximum atomic E-state index is 13.1. The van der Waals surface area contributed by atoms with E-state index in [-0.39, 0.29) is 16.7 Å². The lowest BCUT2D eigenvalue weighted by Gasteiger charge is -2.30. The zero-order valence-electron chi connectivity index (χ0n) is 14.4. The zero-order chi connectivity index (χ0) is 17.8. The first kappa shape index (κ1) is 17.5. The summed E-state index contributed by atoms with van der Waals surface area (Å²) in [6, 6.07) is 3.59. The van der Waals surface area contributed by atoms with Gasteiger partial charge >= 0.3 is 0 Å². The van der Waals surface area contributed by atoms with Gasteiger partial charge in [0, 0.05) is 35.7 Å². The number of hydrogen-bond acceptors (Lipinski definition) is 3. The summed E-state index contributed by atoms with van der Waals surface area (Å²) in [4.78, 5) is 14.6. The third-order valence-electron chi connectivity index (χ3n) is 5.58. The molecule has 136 valence electrons. The Kier molecular flexibility index (Phi) is 4.45. The number of benzene rings is 1. The minimum Gasteiger partial charge on any atom is -0.312 e. The molecule has 3 aliphatic rings. The van der Waals surface area contributed by atoms with Crippen molar-refractivity contribution in [2.45, 2.75) is 43.9 Å². The largest absolute Gasteiger partial charge is 0.312 e. The second-order valence-corrected chi connectivity index (χ2v) is 10.3. The molecule has 0 radical (unpaired) electrons. The number of nitrogens with zero attached hydrogens (tertiary/aromatic N) is 2. The van der Waals surface area contributed by atoms with Gasteiger partial charge in [0.05, 0.1) is 4.90 Å². The van der Waals surface area contributed by atoms with Crippen molar-refractivity contribution in [1.82, 2.24) is 4.31 Å². The molecule has 5 nitrogen and oxygen atoms in total. The van der Waals surface area contributed by atoms with Crippen LogP contribution >= 0.6 is 15.9 Å². The van der Waals surface area contributed by atoms with E-state index in [1.54, 1.807) is 15.3 Å². The van der Waals surface area contributed by atoms with Crippen LogP contribution in [0.5, 0.6) is 0 Å². The van der Waals surface area contributed by atoms with Crippen LogP contribution in [0.2, 0.25) is 0 Å². The lowest BCUT2D eigenvalue weighted by Crippen LogP contribution is -2.38. The van der Waals surface area contributed by atoms with Crippen molar-refractivity contribution in [3.63, 3.8) is 0 Å². The van der Waals surface area contributed by atoms with Gasteiger partial charge in [-0.05, 0) is 71.6 Å². The zero-order valence-corrected chi connectivity index (χ0v) is 16.8. The Morgan fingerprint density at radius 2 is 1.80 bits per heavy atom. The fourth-order valence-electron chi connectivity index (χ4n) is 3.73. The minimum atomic E-state index is -3.54. The molecule has 7 heteroatoms. The van der Waals surface area contributed by atoms with Crippen molar-refractivity contribution in [2.24, 2.45) is 11.8 Å². The summed E-state index contributed by atoms with van der Waals surface area (Å²) >= 11 is 3.45. The van der Waals surface area contributed by atoms with Crippen LogP contribution in [0.3, 0.4) is 0 Å². The molecule has 2 heterocycles. The number of halogens is 1. The second-order valence-electron chi connectivity index (χ2n) is 7.51. The average Bonchev–Trinajstić information content (AvgIpc) is 3.34. The van der Waals surface area contributed by atoms with Gasteiger partial charge < -0.3 is 4.90 Å². The molecular formula is C18H23BrN2O3S. The lowest BCUT2D eigenvalue weighted by molar-refractivity contribution is -0.119. The van der Waals surface area contributed by atoms with Gasteiger partial charge in [0.1, 0.15) is 0 Å². The molecule has 0 N–H and O–H groups in total. The second kappa shape index (κ2) is 6.35. The third-order valence-corrected chi connectivity index (χ3v) is 8.44. The molecule has 1 aliphatic carbocycles. The summed E-state index contributed by atoms with van der Waals surface area (Å²) in [5, 5.41) is 0. The minimum absolute atomic E-state index is 0.137. The molecule has 1 saturated carbocycles. The van der Waals surface area contributed by atoms with Crippen LogP contribution in [0, 0.1) is 11.8 Å². The van der Waals surface area contributed by atoms with Crippen molar-refractivity contribution in [3.8, 4) is 0 Å². The predicted octanol–water partition coefficient (Wildman–Crippen LogP) is 3.17. The molecule has 1 saturated heterocycles. The van der Waals surface area contributed by atoms with E-state index >= 15 is 0 Å². The summed E-state index contributed by atoms with van der Waals surface area (Å²) < 4.78 is 28.4.